The van der Waals surface area contributed by atoms with Crippen LogP contribution in [-0.2, 0) is 13.0 Å². The number of hydrogen-bond donors (Lipinski definition) is 1. The van der Waals surface area contributed by atoms with Crippen molar-refractivity contribution >= 4 is 28.7 Å². The molecule has 0 unspecified atom stereocenters. The van der Waals surface area contributed by atoms with Gasteiger partial charge in [0, 0.05) is 29.6 Å². The number of rotatable bonds is 4. The van der Waals surface area contributed by atoms with Gasteiger partial charge >= 0.3 is 0 Å². The molecule has 1 aliphatic rings. The van der Waals surface area contributed by atoms with Crippen molar-refractivity contribution in [3.8, 4) is 0 Å². The number of anilines is 1. The van der Waals surface area contributed by atoms with Gasteiger partial charge < -0.3 is 5.32 Å². The first-order valence-corrected chi connectivity index (χ1v) is 8.11. The maximum Gasteiger partial charge on any atom is 0.169 e. The van der Waals surface area contributed by atoms with Crippen LogP contribution in [0.25, 0.3) is 0 Å². The summed E-state index contributed by atoms with van der Waals surface area (Å²) < 4.78 is 4.31. The molecule has 2 aromatic carbocycles. The molecule has 1 aliphatic heterocycles. The lowest BCUT2D eigenvalue weighted by atomic mass is 10.1. The van der Waals surface area contributed by atoms with Gasteiger partial charge in [-0.3, -0.25) is 0 Å². The van der Waals surface area contributed by atoms with Gasteiger partial charge in [0.2, 0.25) is 0 Å². The van der Waals surface area contributed by atoms with Crippen molar-refractivity contribution in [2.45, 2.75) is 13.0 Å². The van der Waals surface area contributed by atoms with Crippen LogP contribution < -0.4 is 5.32 Å². The molecule has 3 aromatic rings. The third-order valence-corrected chi connectivity index (χ3v) is 4.42. The minimum Gasteiger partial charge on any atom is -0.381 e. The van der Waals surface area contributed by atoms with Crippen molar-refractivity contribution in [2.75, 3.05) is 5.32 Å². The monoisotopic (exact) mass is 305 g/mol. The molecule has 108 valence electrons. The molecular formula is C18H15N3S. The number of benzene rings is 2. The molecule has 0 aliphatic carbocycles. The zero-order chi connectivity index (χ0) is 14.8. The SMILES string of the molecule is c1ccc(CNc2cccc(C3=Nc4nscc4C3)c2)cc1. The second kappa shape index (κ2) is 5.73. The molecule has 0 saturated carbocycles. The molecule has 4 heteroatoms. The van der Waals surface area contributed by atoms with Gasteiger partial charge in [0.1, 0.15) is 0 Å². The van der Waals surface area contributed by atoms with Crippen molar-refractivity contribution < 1.29 is 0 Å². The zero-order valence-corrected chi connectivity index (χ0v) is 12.8. The van der Waals surface area contributed by atoms with E-state index in [0.717, 1.165) is 30.2 Å². The van der Waals surface area contributed by atoms with Crippen LogP contribution in [0.4, 0.5) is 11.5 Å². The molecule has 22 heavy (non-hydrogen) atoms. The number of aromatic nitrogens is 1. The molecule has 2 heterocycles. The average molecular weight is 305 g/mol. The zero-order valence-electron chi connectivity index (χ0n) is 12.0. The van der Waals surface area contributed by atoms with Gasteiger partial charge in [0.25, 0.3) is 0 Å². The second-order valence-electron chi connectivity index (χ2n) is 5.32. The van der Waals surface area contributed by atoms with Crippen molar-refractivity contribution in [1.29, 1.82) is 0 Å². The second-order valence-corrected chi connectivity index (χ2v) is 5.95. The third-order valence-electron chi connectivity index (χ3n) is 3.76. The summed E-state index contributed by atoms with van der Waals surface area (Å²) in [6, 6.07) is 18.9. The Kier molecular flexibility index (Phi) is 3.45. The van der Waals surface area contributed by atoms with Gasteiger partial charge in [-0.15, -0.1) is 0 Å². The molecule has 4 rings (SSSR count). The molecule has 3 nitrogen and oxygen atoms in total. The van der Waals surface area contributed by atoms with E-state index in [1.165, 1.54) is 28.2 Å². The topological polar surface area (TPSA) is 37.3 Å². The third kappa shape index (κ3) is 2.65. The number of fused-ring (bicyclic) bond motifs is 1. The normalized spacial score (nSPS) is 12.8. The van der Waals surface area contributed by atoms with Crippen molar-refractivity contribution in [2.24, 2.45) is 4.99 Å². The summed E-state index contributed by atoms with van der Waals surface area (Å²) in [6.07, 6.45) is 0.883. The van der Waals surface area contributed by atoms with E-state index in [1.807, 2.05) is 6.07 Å². The van der Waals surface area contributed by atoms with Crippen molar-refractivity contribution in [1.82, 2.24) is 4.37 Å². The number of nitrogens with one attached hydrogen (secondary N) is 1. The highest BCUT2D eigenvalue weighted by Crippen LogP contribution is 2.29. The van der Waals surface area contributed by atoms with E-state index in [9.17, 15) is 0 Å². The van der Waals surface area contributed by atoms with Gasteiger partial charge in [-0.2, -0.15) is 4.37 Å². The quantitative estimate of drug-likeness (QED) is 0.774. The van der Waals surface area contributed by atoms with Crippen LogP contribution >= 0.6 is 11.5 Å². The van der Waals surface area contributed by atoms with Crippen LogP contribution in [0.5, 0.6) is 0 Å². The molecule has 0 fully saturated rings. The minimum atomic E-state index is 0.825. The molecule has 0 atom stereocenters. The van der Waals surface area contributed by atoms with Gasteiger partial charge in [-0.1, -0.05) is 42.5 Å². The Bertz CT molecular complexity index is 821. The van der Waals surface area contributed by atoms with Gasteiger partial charge in [0.05, 0.1) is 5.71 Å². The summed E-state index contributed by atoms with van der Waals surface area (Å²) in [6.45, 7) is 0.825. The van der Waals surface area contributed by atoms with Crippen LogP contribution in [0.15, 0.2) is 65.0 Å². The van der Waals surface area contributed by atoms with E-state index in [2.05, 4.69) is 68.6 Å². The van der Waals surface area contributed by atoms with E-state index < -0.39 is 0 Å². The van der Waals surface area contributed by atoms with E-state index >= 15 is 0 Å². The van der Waals surface area contributed by atoms with Crippen LogP contribution in [0.1, 0.15) is 16.7 Å². The van der Waals surface area contributed by atoms with E-state index in [1.54, 1.807) is 0 Å². The fourth-order valence-corrected chi connectivity index (χ4v) is 3.21. The van der Waals surface area contributed by atoms with Gasteiger partial charge in [0.15, 0.2) is 5.82 Å². The molecule has 0 amide bonds. The lowest BCUT2D eigenvalue weighted by molar-refractivity contribution is 1.15. The van der Waals surface area contributed by atoms with Gasteiger partial charge in [-0.05, 0) is 34.8 Å². The fourth-order valence-electron chi connectivity index (χ4n) is 2.59. The summed E-state index contributed by atoms with van der Waals surface area (Å²) in [5, 5.41) is 5.56. The Hall–Kier alpha value is -2.46. The number of aliphatic imine (C=N–C) groups is 1. The average Bonchev–Trinajstić information content (AvgIpc) is 3.16. The van der Waals surface area contributed by atoms with E-state index in [-0.39, 0.29) is 0 Å². The lowest BCUT2D eigenvalue weighted by Gasteiger charge is -2.08. The summed E-state index contributed by atoms with van der Waals surface area (Å²) in [7, 11) is 0. The molecule has 1 N–H and O–H groups in total. The Morgan fingerprint density at radius 3 is 2.82 bits per heavy atom. The summed E-state index contributed by atoms with van der Waals surface area (Å²) in [4.78, 5) is 4.63. The number of hydrogen-bond acceptors (Lipinski definition) is 4. The van der Waals surface area contributed by atoms with Crippen LogP contribution in [-0.4, -0.2) is 10.1 Å². The highest BCUT2D eigenvalue weighted by Gasteiger charge is 2.18. The number of nitrogens with zero attached hydrogens (tertiary/aromatic N) is 2. The minimum absolute atomic E-state index is 0.825. The highest BCUT2D eigenvalue weighted by atomic mass is 32.1. The molecule has 0 bridgehead atoms. The Morgan fingerprint density at radius 2 is 1.95 bits per heavy atom. The van der Waals surface area contributed by atoms with Crippen LogP contribution in [0, 0.1) is 0 Å². The van der Waals surface area contributed by atoms with Crippen molar-refractivity contribution in [3.63, 3.8) is 0 Å². The summed E-state index contributed by atoms with van der Waals surface area (Å²) in [5.74, 6) is 0.891. The predicted molar refractivity (Wildman–Crippen MR) is 92.2 cm³/mol. The maximum atomic E-state index is 4.63. The standard InChI is InChI=1S/C18H15N3S/c1-2-5-13(6-3-1)11-19-16-8-4-7-14(9-16)17-10-15-12-22-21-18(15)20-17/h1-9,12,19H,10-11H2. The largest absolute Gasteiger partial charge is 0.381 e. The lowest BCUT2D eigenvalue weighted by Crippen LogP contribution is -2.03. The molecular weight excluding hydrogens is 290 g/mol. The smallest absolute Gasteiger partial charge is 0.169 e. The Morgan fingerprint density at radius 1 is 1.05 bits per heavy atom. The predicted octanol–water partition coefficient (Wildman–Crippen LogP) is 4.43. The van der Waals surface area contributed by atoms with Crippen molar-refractivity contribution in [3.05, 3.63) is 76.7 Å². The Labute approximate surface area is 133 Å². The molecule has 0 spiro atoms. The first kappa shape index (κ1) is 13.2. The first-order valence-electron chi connectivity index (χ1n) is 7.27. The molecule has 0 saturated heterocycles. The van der Waals surface area contributed by atoms with E-state index in [0.29, 0.717) is 0 Å². The first-order chi connectivity index (χ1) is 10.9. The Balaban J connectivity index is 1.51. The van der Waals surface area contributed by atoms with Crippen LogP contribution in [0.3, 0.4) is 0 Å². The molecule has 1 aromatic heterocycles. The maximum absolute atomic E-state index is 4.63. The van der Waals surface area contributed by atoms with E-state index in [4.69, 9.17) is 0 Å². The molecule has 0 radical (unpaired) electrons. The van der Waals surface area contributed by atoms with Gasteiger partial charge in [-0.25, -0.2) is 4.99 Å². The summed E-state index contributed by atoms with van der Waals surface area (Å²) in [5.41, 5.74) is 5.90. The summed E-state index contributed by atoms with van der Waals surface area (Å²) >= 11 is 1.48. The fraction of sp³-hybridized carbons (Fsp3) is 0.111. The van der Waals surface area contributed by atoms with Crippen LogP contribution in [0.2, 0.25) is 0 Å². The highest BCUT2D eigenvalue weighted by molar-refractivity contribution is 7.04.